The maximum absolute atomic E-state index is 9.96. The minimum absolute atomic E-state index is 0.507. The van der Waals surface area contributed by atoms with Crippen LogP contribution in [0, 0.1) is 5.41 Å². The third-order valence-electron chi connectivity index (χ3n) is 0.889. The van der Waals surface area contributed by atoms with Crippen molar-refractivity contribution < 1.29 is 9.59 Å². The molecule has 0 saturated heterocycles. The molecule has 0 spiro atoms. The van der Waals surface area contributed by atoms with Crippen LogP contribution >= 0.6 is 0 Å². The van der Waals surface area contributed by atoms with Gasteiger partial charge in [0, 0.05) is 0 Å². The summed E-state index contributed by atoms with van der Waals surface area (Å²) in [5.74, 6) is 0. The molecule has 43 valence electrons. The van der Waals surface area contributed by atoms with E-state index in [0.29, 0.717) is 6.29 Å². The van der Waals surface area contributed by atoms with Gasteiger partial charge < -0.3 is 4.79 Å². The molecular formula is C6H7O2. The van der Waals surface area contributed by atoms with Crippen molar-refractivity contribution in [3.63, 3.8) is 0 Å². The molecule has 0 fully saturated rings. The van der Waals surface area contributed by atoms with E-state index >= 15 is 0 Å². The van der Waals surface area contributed by atoms with Crippen LogP contribution in [0.25, 0.3) is 0 Å². The third-order valence-corrected chi connectivity index (χ3v) is 0.889. The Bertz CT molecular complexity index is 93.9. The molecule has 0 bridgehead atoms. The van der Waals surface area contributed by atoms with Gasteiger partial charge in [0.25, 0.3) is 0 Å². The molecule has 0 amide bonds. The molecule has 1 atom stereocenters. The van der Waals surface area contributed by atoms with E-state index in [9.17, 15) is 9.59 Å². The first-order valence-corrected chi connectivity index (χ1v) is 2.18. The third kappa shape index (κ3) is 1.30. The van der Waals surface area contributed by atoms with Crippen molar-refractivity contribution in [1.29, 1.82) is 0 Å². The van der Waals surface area contributed by atoms with E-state index in [1.165, 1.54) is 13.0 Å². The Kier molecular flexibility index (Phi) is 2.13. The first-order valence-electron chi connectivity index (χ1n) is 2.18. The van der Waals surface area contributed by atoms with Crippen molar-refractivity contribution in [3.05, 3.63) is 12.7 Å². The summed E-state index contributed by atoms with van der Waals surface area (Å²) in [5.41, 5.74) is -1.10. The van der Waals surface area contributed by atoms with E-state index in [1.54, 1.807) is 6.29 Å². The molecule has 0 saturated carbocycles. The van der Waals surface area contributed by atoms with Crippen LogP contribution in [0.5, 0.6) is 0 Å². The van der Waals surface area contributed by atoms with Gasteiger partial charge in [-0.3, -0.25) is 4.79 Å². The normalized spacial score (nSPS) is 10.1. The quantitative estimate of drug-likeness (QED) is 0.301. The maximum Gasteiger partial charge on any atom is 0.216 e. The van der Waals surface area contributed by atoms with E-state index in [2.05, 4.69) is 6.58 Å². The summed E-state index contributed by atoms with van der Waals surface area (Å²) < 4.78 is 0. The average Bonchev–Trinajstić information content (AvgIpc) is 1.87. The molecule has 0 aliphatic rings. The van der Waals surface area contributed by atoms with Gasteiger partial charge >= 0.3 is 0 Å². The zero-order chi connectivity index (χ0) is 6.62. The second-order valence-corrected chi connectivity index (χ2v) is 1.71. The van der Waals surface area contributed by atoms with Gasteiger partial charge in [-0.1, -0.05) is 6.08 Å². The number of hydrogen-bond acceptors (Lipinski definition) is 2. The largest absolute Gasteiger partial charge is 0.302 e. The van der Waals surface area contributed by atoms with Gasteiger partial charge in [0.15, 0.2) is 0 Å². The summed E-state index contributed by atoms with van der Waals surface area (Å²) in [6, 6.07) is 0. The average molecular weight is 111 g/mol. The number of allylic oxidation sites excluding steroid dienone is 1. The summed E-state index contributed by atoms with van der Waals surface area (Å²) in [4.78, 5) is 19.8. The lowest BCUT2D eigenvalue weighted by Crippen LogP contribution is -2.15. The van der Waals surface area contributed by atoms with E-state index in [1.807, 2.05) is 0 Å². The number of carbonyl (C=O) groups excluding carboxylic acids is 2. The lowest BCUT2D eigenvalue weighted by atomic mass is 9.96. The first kappa shape index (κ1) is 7.08. The van der Waals surface area contributed by atoms with Crippen LogP contribution in [0.4, 0.5) is 0 Å². The number of carbonyl (C=O) groups is 1. The Morgan fingerprint density at radius 3 is 2.25 bits per heavy atom. The molecule has 2 nitrogen and oxygen atoms in total. The first-order chi connectivity index (χ1) is 3.68. The van der Waals surface area contributed by atoms with Crippen molar-refractivity contribution in [2.45, 2.75) is 6.92 Å². The summed E-state index contributed by atoms with van der Waals surface area (Å²) in [5, 5.41) is 0. The highest BCUT2D eigenvalue weighted by Crippen LogP contribution is 2.07. The Labute approximate surface area is 48.2 Å². The molecule has 2 heteroatoms. The van der Waals surface area contributed by atoms with E-state index < -0.39 is 5.41 Å². The second kappa shape index (κ2) is 2.40. The van der Waals surface area contributed by atoms with Crippen LogP contribution in [0.2, 0.25) is 0 Å². The maximum atomic E-state index is 9.96. The van der Waals surface area contributed by atoms with Crippen LogP contribution in [0.3, 0.4) is 0 Å². The Morgan fingerprint density at radius 2 is 2.25 bits per heavy atom. The molecule has 0 aromatic carbocycles. The van der Waals surface area contributed by atoms with E-state index in [-0.39, 0.29) is 0 Å². The topological polar surface area (TPSA) is 34.1 Å². The van der Waals surface area contributed by atoms with Gasteiger partial charge in [0.2, 0.25) is 6.29 Å². The molecule has 8 heavy (non-hydrogen) atoms. The van der Waals surface area contributed by atoms with Gasteiger partial charge in [0.05, 0.1) is 0 Å². The number of hydrogen-bond donors (Lipinski definition) is 0. The van der Waals surface area contributed by atoms with Crippen molar-refractivity contribution in [1.82, 2.24) is 0 Å². The molecule has 0 rings (SSSR count). The van der Waals surface area contributed by atoms with E-state index in [4.69, 9.17) is 0 Å². The predicted molar refractivity (Wildman–Crippen MR) is 30.1 cm³/mol. The van der Waals surface area contributed by atoms with Gasteiger partial charge in [-0.2, -0.15) is 0 Å². The molecule has 0 N–H and O–H groups in total. The summed E-state index contributed by atoms with van der Waals surface area (Å²) in [6.45, 7) is 4.73. The zero-order valence-electron chi connectivity index (χ0n) is 4.68. The van der Waals surface area contributed by atoms with Crippen LogP contribution in [0.1, 0.15) is 6.92 Å². The van der Waals surface area contributed by atoms with E-state index in [0.717, 1.165) is 0 Å². The zero-order valence-corrected chi connectivity index (χ0v) is 4.68. The van der Waals surface area contributed by atoms with Crippen molar-refractivity contribution >= 4 is 12.6 Å². The highest BCUT2D eigenvalue weighted by atomic mass is 16.1. The van der Waals surface area contributed by atoms with Crippen LogP contribution in [-0.2, 0) is 9.59 Å². The standard InChI is InChI=1S/C6H7O2/c1-3-6(2,4-7)5-8/h3-4H,1H2,2H3. The number of rotatable bonds is 3. The molecular weight excluding hydrogens is 104 g/mol. The SMILES string of the molecule is C=CC(C)([C]=O)C=O. The molecule has 0 aliphatic carbocycles. The smallest absolute Gasteiger partial charge is 0.216 e. The van der Waals surface area contributed by atoms with Crippen LogP contribution < -0.4 is 0 Å². The fourth-order valence-corrected chi connectivity index (χ4v) is 0.114. The monoisotopic (exact) mass is 111 g/mol. The molecule has 1 radical (unpaired) electrons. The van der Waals surface area contributed by atoms with Gasteiger partial charge in [-0.15, -0.1) is 6.58 Å². The minimum Gasteiger partial charge on any atom is -0.302 e. The van der Waals surface area contributed by atoms with Crippen LogP contribution in [-0.4, -0.2) is 12.6 Å². The van der Waals surface area contributed by atoms with Crippen LogP contribution in [0.15, 0.2) is 12.7 Å². The van der Waals surface area contributed by atoms with Gasteiger partial charge in [-0.25, -0.2) is 0 Å². The van der Waals surface area contributed by atoms with Crippen molar-refractivity contribution in [2.24, 2.45) is 5.41 Å². The Hall–Kier alpha value is -0.920. The molecule has 0 heterocycles. The minimum atomic E-state index is -1.10. The number of aldehydes is 1. The summed E-state index contributed by atoms with van der Waals surface area (Å²) in [7, 11) is 0. The lowest BCUT2D eigenvalue weighted by molar-refractivity contribution is -0.111. The van der Waals surface area contributed by atoms with Crippen molar-refractivity contribution in [2.75, 3.05) is 0 Å². The molecule has 0 aliphatic heterocycles. The fraction of sp³-hybridized carbons (Fsp3) is 0.333. The summed E-state index contributed by atoms with van der Waals surface area (Å²) >= 11 is 0. The molecule has 1 unspecified atom stereocenters. The molecule has 0 aromatic rings. The summed E-state index contributed by atoms with van der Waals surface area (Å²) in [6.07, 6.45) is 3.31. The second-order valence-electron chi connectivity index (χ2n) is 1.71. The Balaban J connectivity index is 4.18. The fourth-order valence-electron chi connectivity index (χ4n) is 0.114. The highest BCUT2D eigenvalue weighted by Gasteiger charge is 2.17. The van der Waals surface area contributed by atoms with Gasteiger partial charge in [0.1, 0.15) is 11.7 Å². The predicted octanol–water partition coefficient (Wildman–Crippen LogP) is 0.487. The molecule has 0 aromatic heterocycles. The highest BCUT2D eigenvalue weighted by molar-refractivity contribution is 5.85. The lowest BCUT2D eigenvalue weighted by Gasteiger charge is -2.03. The Morgan fingerprint density at radius 1 is 1.75 bits per heavy atom. The van der Waals surface area contributed by atoms with Gasteiger partial charge in [-0.05, 0) is 6.92 Å². The van der Waals surface area contributed by atoms with Crippen molar-refractivity contribution in [3.8, 4) is 0 Å².